The van der Waals surface area contributed by atoms with Crippen LogP contribution in [0, 0.1) is 17.8 Å². The summed E-state index contributed by atoms with van der Waals surface area (Å²) in [5.74, 6) is 0.299. The first-order chi connectivity index (χ1) is 17.2. The second-order valence-corrected chi connectivity index (χ2v) is 9.98. The predicted octanol–water partition coefficient (Wildman–Crippen LogP) is 4.05. The summed E-state index contributed by atoms with van der Waals surface area (Å²) in [5.41, 5.74) is 8.33. The molecule has 0 saturated carbocycles. The molecule has 2 amide bonds. The van der Waals surface area contributed by atoms with Crippen LogP contribution >= 0.6 is 0 Å². The van der Waals surface area contributed by atoms with Crippen LogP contribution in [0.3, 0.4) is 0 Å². The van der Waals surface area contributed by atoms with E-state index in [1.165, 1.54) is 0 Å². The molecule has 7 nitrogen and oxygen atoms in total. The lowest BCUT2D eigenvalue weighted by atomic mass is 9.88. The standard InChI is InChI=1S/C29H43N3O4/c1-20(2)26(16-13-24(30)19-36-18-23-9-7-6-8-10-23)28(33)32-27(21(3)4)29(34)31-17-22-11-14-25(35-5)15-12-22/h6-12,14-15,20-21,24,26-27H,13,16-19,30H2,1-5H3,(H,31,34)(H,32,33)/t24?,26-,27?/m0/s1. The fourth-order valence-corrected chi connectivity index (χ4v) is 3.98. The Hall–Kier alpha value is -2.90. The number of rotatable bonds is 15. The van der Waals surface area contributed by atoms with E-state index in [1.807, 2.05) is 82.3 Å². The molecule has 0 bridgehead atoms. The lowest BCUT2D eigenvalue weighted by molar-refractivity contribution is -0.133. The SMILES string of the molecule is COc1ccc(CNC(=O)C(NC(=O)[C@@H](CCC(N)COCc2ccccc2)C(C)C)C(C)C)cc1. The van der Waals surface area contributed by atoms with Crippen molar-refractivity contribution < 1.29 is 19.1 Å². The fourth-order valence-electron chi connectivity index (χ4n) is 3.98. The summed E-state index contributed by atoms with van der Waals surface area (Å²) in [4.78, 5) is 26.1. The highest BCUT2D eigenvalue weighted by Gasteiger charge is 2.29. The van der Waals surface area contributed by atoms with Gasteiger partial charge in [-0.1, -0.05) is 70.2 Å². The van der Waals surface area contributed by atoms with Gasteiger partial charge in [-0.25, -0.2) is 0 Å². The van der Waals surface area contributed by atoms with Gasteiger partial charge in [-0.15, -0.1) is 0 Å². The van der Waals surface area contributed by atoms with Crippen LogP contribution in [0.4, 0.5) is 0 Å². The Morgan fingerprint density at radius 2 is 1.53 bits per heavy atom. The lowest BCUT2D eigenvalue weighted by Gasteiger charge is -2.27. The van der Waals surface area contributed by atoms with Crippen molar-refractivity contribution in [1.82, 2.24) is 10.6 Å². The first-order valence-corrected chi connectivity index (χ1v) is 12.8. The number of hydrogen-bond donors (Lipinski definition) is 3. The first-order valence-electron chi connectivity index (χ1n) is 12.8. The first kappa shape index (κ1) is 29.3. The third-order valence-corrected chi connectivity index (χ3v) is 6.31. The molecule has 2 aromatic rings. The molecule has 4 N–H and O–H groups in total. The molecule has 0 aromatic heterocycles. The van der Waals surface area contributed by atoms with E-state index < -0.39 is 6.04 Å². The molecular formula is C29H43N3O4. The zero-order valence-electron chi connectivity index (χ0n) is 22.3. The van der Waals surface area contributed by atoms with E-state index in [-0.39, 0.29) is 35.6 Å². The molecule has 198 valence electrons. The highest BCUT2D eigenvalue weighted by Crippen LogP contribution is 2.20. The molecule has 7 heteroatoms. The summed E-state index contributed by atoms with van der Waals surface area (Å²) >= 11 is 0. The van der Waals surface area contributed by atoms with Gasteiger partial charge in [0.2, 0.25) is 11.8 Å². The Bertz CT molecular complexity index is 916. The minimum absolute atomic E-state index is 0.0497. The largest absolute Gasteiger partial charge is 0.497 e. The lowest BCUT2D eigenvalue weighted by Crippen LogP contribution is -2.51. The van der Waals surface area contributed by atoms with E-state index in [2.05, 4.69) is 10.6 Å². The number of carbonyl (C=O) groups excluding carboxylic acids is 2. The molecule has 0 spiro atoms. The fraction of sp³-hybridized carbons (Fsp3) is 0.517. The van der Waals surface area contributed by atoms with Crippen LogP contribution in [0.1, 0.15) is 51.7 Å². The number of amides is 2. The van der Waals surface area contributed by atoms with Gasteiger partial charge in [0.15, 0.2) is 0 Å². The van der Waals surface area contributed by atoms with Gasteiger partial charge < -0.3 is 25.8 Å². The van der Waals surface area contributed by atoms with Gasteiger partial charge in [0.25, 0.3) is 0 Å². The summed E-state index contributed by atoms with van der Waals surface area (Å²) in [5, 5.41) is 5.94. The average molecular weight is 498 g/mol. The quantitative estimate of drug-likeness (QED) is 0.345. The zero-order chi connectivity index (χ0) is 26.5. The van der Waals surface area contributed by atoms with E-state index >= 15 is 0 Å². The molecule has 2 rings (SSSR count). The van der Waals surface area contributed by atoms with Gasteiger partial charge in [0.05, 0.1) is 20.3 Å². The summed E-state index contributed by atoms with van der Waals surface area (Å²) in [6.07, 6.45) is 1.30. The van der Waals surface area contributed by atoms with Gasteiger partial charge in [-0.05, 0) is 47.9 Å². The molecule has 0 saturated heterocycles. The van der Waals surface area contributed by atoms with E-state index in [0.29, 0.717) is 32.6 Å². The van der Waals surface area contributed by atoms with Crippen molar-refractivity contribution in [1.29, 1.82) is 0 Å². The predicted molar refractivity (Wildman–Crippen MR) is 143 cm³/mol. The maximum Gasteiger partial charge on any atom is 0.243 e. The van der Waals surface area contributed by atoms with Crippen LogP contribution in [0.25, 0.3) is 0 Å². The summed E-state index contributed by atoms with van der Waals surface area (Å²) < 4.78 is 10.9. The third kappa shape index (κ3) is 9.99. The van der Waals surface area contributed by atoms with Gasteiger partial charge in [-0.2, -0.15) is 0 Å². The Balaban J connectivity index is 1.85. The van der Waals surface area contributed by atoms with Gasteiger partial charge >= 0.3 is 0 Å². The number of benzene rings is 2. The second-order valence-electron chi connectivity index (χ2n) is 9.98. The molecule has 2 aromatic carbocycles. The van der Waals surface area contributed by atoms with Crippen molar-refractivity contribution in [3.63, 3.8) is 0 Å². The summed E-state index contributed by atoms with van der Waals surface area (Å²) in [6, 6.07) is 16.7. The smallest absolute Gasteiger partial charge is 0.243 e. The van der Waals surface area contributed by atoms with E-state index in [1.54, 1.807) is 7.11 Å². The number of ether oxygens (including phenoxy) is 2. The van der Waals surface area contributed by atoms with Crippen LogP contribution in [-0.2, 0) is 27.5 Å². The minimum atomic E-state index is -0.611. The maximum atomic E-state index is 13.2. The monoisotopic (exact) mass is 497 g/mol. The zero-order valence-corrected chi connectivity index (χ0v) is 22.3. The maximum absolute atomic E-state index is 13.2. The Kier molecular flexibility index (Phi) is 12.4. The van der Waals surface area contributed by atoms with Crippen molar-refractivity contribution >= 4 is 11.8 Å². The van der Waals surface area contributed by atoms with Gasteiger partial charge in [0, 0.05) is 18.5 Å². The van der Waals surface area contributed by atoms with Crippen molar-refractivity contribution in [2.75, 3.05) is 13.7 Å². The van der Waals surface area contributed by atoms with Crippen molar-refractivity contribution in [3.05, 3.63) is 65.7 Å². The number of carbonyl (C=O) groups is 2. The number of nitrogens with two attached hydrogens (primary N) is 1. The molecule has 0 heterocycles. The molecule has 2 unspecified atom stereocenters. The minimum Gasteiger partial charge on any atom is -0.497 e. The van der Waals surface area contributed by atoms with Crippen LogP contribution in [0.5, 0.6) is 5.75 Å². The number of hydrogen-bond acceptors (Lipinski definition) is 5. The van der Waals surface area contributed by atoms with Gasteiger partial charge in [0.1, 0.15) is 11.8 Å². The Labute approximate surface area is 216 Å². The second kappa shape index (κ2) is 15.3. The molecule has 0 radical (unpaired) electrons. The average Bonchev–Trinajstić information content (AvgIpc) is 2.86. The van der Waals surface area contributed by atoms with Crippen LogP contribution in [-0.4, -0.2) is 37.6 Å². The summed E-state index contributed by atoms with van der Waals surface area (Å²) in [6.45, 7) is 9.25. The van der Waals surface area contributed by atoms with Crippen molar-refractivity contribution in [2.45, 2.75) is 65.8 Å². The Morgan fingerprint density at radius 3 is 2.11 bits per heavy atom. The Morgan fingerprint density at radius 1 is 0.861 bits per heavy atom. The van der Waals surface area contributed by atoms with Crippen molar-refractivity contribution in [2.24, 2.45) is 23.5 Å². The van der Waals surface area contributed by atoms with E-state index in [0.717, 1.165) is 16.9 Å². The summed E-state index contributed by atoms with van der Waals surface area (Å²) in [7, 11) is 1.62. The molecule has 36 heavy (non-hydrogen) atoms. The highest BCUT2D eigenvalue weighted by atomic mass is 16.5. The van der Waals surface area contributed by atoms with Crippen LogP contribution in [0.15, 0.2) is 54.6 Å². The topological polar surface area (TPSA) is 103 Å². The third-order valence-electron chi connectivity index (χ3n) is 6.31. The highest BCUT2D eigenvalue weighted by molar-refractivity contribution is 5.88. The molecule has 0 aliphatic rings. The van der Waals surface area contributed by atoms with Crippen LogP contribution in [0.2, 0.25) is 0 Å². The normalized spacial score (nSPS) is 13.8. The number of methoxy groups -OCH3 is 1. The molecule has 0 aliphatic carbocycles. The van der Waals surface area contributed by atoms with E-state index in [9.17, 15) is 9.59 Å². The number of nitrogens with one attached hydrogen (secondary N) is 2. The molecule has 0 fully saturated rings. The van der Waals surface area contributed by atoms with Crippen molar-refractivity contribution in [3.8, 4) is 5.75 Å². The molecule has 3 atom stereocenters. The van der Waals surface area contributed by atoms with Crippen LogP contribution < -0.4 is 21.1 Å². The van der Waals surface area contributed by atoms with E-state index in [4.69, 9.17) is 15.2 Å². The molecular weight excluding hydrogens is 454 g/mol. The molecule has 0 aliphatic heterocycles. The van der Waals surface area contributed by atoms with Gasteiger partial charge in [-0.3, -0.25) is 9.59 Å².